The fourth-order valence-electron chi connectivity index (χ4n) is 3.57. The average molecular weight is 255 g/mol. The molecule has 2 saturated heterocycles. The molecule has 2 aliphatic rings. The predicted octanol–water partition coefficient (Wildman–Crippen LogP) is 1.97. The molecule has 18 heavy (non-hydrogen) atoms. The molecule has 2 aliphatic heterocycles. The second-order valence-corrected chi connectivity index (χ2v) is 6.80. The number of piperidine rings is 1. The largest absolute Gasteiger partial charge is 0.375 e. The minimum Gasteiger partial charge on any atom is -0.375 e. The Balaban J connectivity index is 2.05. The molecule has 0 aromatic heterocycles. The Morgan fingerprint density at radius 2 is 1.78 bits per heavy atom. The van der Waals surface area contributed by atoms with Gasteiger partial charge in [-0.3, -0.25) is 4.79 Å². The quantitative estimate of drug-likeness (QED) is 0.724. The third-order valence-corrected chi connectivity index (χ3v) is 3.90. The van der Waals surface area contributed by atoms with E-state index in [9.17, 15) is 4.79 Å². The second-order valence-electron chi connectivity index (χ2n) is 6.80. The molecule has 104 valence electrons. The number of hydrogen-bond acceptors (Lipinski definition) is 3. The molecule has 0 N–H and O–H groups in total. The fraction of sp³-hybridized carbons (Fsp3) is 0.929. The summed E-state index contributed by atoms with van der Waals surface area (Å²) < 4.78 is 11.1. The molecule has 1 amide bonds. The normalized spacial score (nSPS) is 30.3. The number of nitrogens with zero attached hydrogens (tertiary/aromatic N) is 1. The Labute approximate surface area is 110 Å². The molecule has 1 unspecified atom stereocenters. The van der Waals surface area contributed by atoms with E-state index in [2.05, 4.69) is 27.7 Å². The number of carbonyl (C=O) groups excluding carboxylic acids is 1. The van der Waals surface area contributed by atoms with Crippen LogP contribution >= 0.6 is 0 Å². The van der Waals surface area contributed by atoms with E-state index >= 15 is 0 Å². The van der Waals surface area contributed by atoms with Crippen molar-refractivity contribution in [2.45, 2.75) is 70.7 Å². The van der Waals surface area contributed by atoms with Crippen molar-refractivity contribution in [2.75, 3.05) is 13.2 Å². The van der Waals surface area contributed by atoms with Crippen molar-refractivity contribution in [2.24, 2.45) is 0 Å². The van der Waals surface area contributed by atoms with Crippen LogP contribution in [-0.4, -0.2) is 47.3 Å². The first-order valence-corrected chi connectivity index (χ1v) is 6.76. The number of ether oxygens (including phenoxy) is 2. The average Bonchev–Trinajstić information content (AvgIpc) is 2.92. The van der Waals surface area contributed by atoms with Crippen molar-refractivity contribution < 1.29 is 14.3 Å². The van der Waals surface area contributed by atoms with E-state index in [4.69, 9.17) is 9.47 Å². The summed E-state index contributed by atoms with van der Waals surface area (Å²) in [5, 5.41) is 0. The van der Waals surface area contributed by atoms with Gasteiger partial charge in [0.05, 0.1) is 19.3 Å². The topological polar surface area (TPSA) is 42.1 Å². The summed E-state index contributed by atoms with van der Waals surface area (Å²) in [5.41, 5.74) is -0.300. The predicted molar refractivity (Wildman–Crippen MR) is 69.4 cm³/mol. The number of carbonyl (C=O) groups is 1. The molecule has 0 spiro atoms. The molecule has 0 saturated carbocycles. The molecule has 2 heterocycles. The molecule has 0 radical (unpaired) electrons. The van der Waals surface area contributed by atoms with Crippen molar-refractivity contribution in [3.63, 3.8) is 0 Å². The molecular formula is C14H25NO3. The van der Waals surface area contributed by atoms with Gasteiger partial charge in [-0.25, -0.2) is 0 Å². The standard InChI is InChI=1S/C14H25NO3/c1-10(16)15-13(2,3)6-11(7-14(15,4)5)17-8-12-9-18-12/h11-12H,6-9H2,1-5H3. The smallest absolute Gasteiger partial charge is 0.220 e. The highest BCUT2D eigenvalue weighted by molar-refractivity contribution is 5.75. The van der Waals surface area contributed by atoms with Crippen molar-refractivity contribution in [1.82, 2.24) is 4.90 Å². The third-order valence-electron chi connectivity index (χ3n) is 3.90. The maximum Gasteiger partial charge on any atom is 0.220 e. The van der Waals surface area contributed by atoms with Crippen molar-refractivity contribution in [3.8, 4) is 0 Å². The zero-order chi connectivity index (χ0) is 13.6. The summed E-state index contributed by atoms with van der Waals surface area (Å²) in [5.74, 6) is 0.147. The van der Waals surface area contributed by atoms with Crippen LogP contribution in [0.4, 0.5) is 0 Å². The number of likely N-dealkylation sites (tertiary alicyclic amines) is 1. The lowest BCUT2D eigenvalue weighted by Crippen LogP contribution is -2.63. The van der Waals surface area contributed by atoms with Crippen LogP contribution in [-0.2, 0) is 14.3 Å². The lowest BCUT2D eigenvalue weighted by molar-refractivity contribution is -0.156. The highest BCUT2D eigenvalue weighted by Crippen LogP contribution is 2.39. The van der Waals surface area contributed by atoms with Crippen LogP contribution in [0.2, 0.25) is 0 Å². The summed E-state index contributed by atoms with van der Waals surface area (Å²) in [6.07, 6.45) is 2.31. The van der Waals surface area contributed by atoms with Crippen molar-refractivity contribution >= 4 is 5.91 Å². The Kier molecular flexibility index (Phi) is 3.45. The minimum absolute atomic E-state index is 0.147. The van der Waals surface area contributed by atoms with Crippen LogP contribution < -0.4 is 0 Å². The SMILES string of the molecule is CC(=O)N1C(C)(C)CC(OCC2CO2)CC1(C)C. The van der Waals surface area contributed by atoms with Gasteiger partial charge in [0.2, 0.25) is 5.91 Å². The van der Waals surface area contributed by atoms with Gasteiger partial charge in [-0.05, 0) is 40.5 Å². The van der Waals surface area contributed by atoms with Crippen LogP contribution in [0.1, 0.15) is 47.5 Å². The highest BCUT2D eigenvalue weighted by atomic mass is 16.6. The van der Waals surface area contributed by atoms with Gasteiger partial charge < -0.3 is 14.4 Å². The van der Waals surface area contributed by atoms with Gasteiger partial charge in [0.15, 0.2) is 0 Å². The first-order chi connectivity index (χ1) is 8.22. The Morgan fingerprint density at radius 3 is 2.17 bits per heavy atom. The lowest BCUT2D eigenvalue weighted by atomic mass is 9.78. The third kappa shape index (κ3) is 2.86. The molecule has 0 aliphatic carbocycles. The van der Waals surface area contributed by atoms with Gasteiger partial charge >= 0.3 is 0 Å². The van der Waals surface area contributed by atoms with E-state index in [-0.39, 0.29) is 23.1 Å². The maximum atomic E-state index is 11.9. The summed E-state index contributed by atoms with van der Waals surface area (Å²) in [6.45, 7) is 11.7. The molecule has 1 atom stereocenters. The number of epoxide rings is 1. The van der Waals surface area contributed by atoms with Crippen LogP contribution in [0.15, 0.2) is 0 Å². The molecule has 4 heteroatoms. The molecule has 2 rings (SSSR count). The Morgan fingerprint density at radius 1 is 1.28 bits per heavy atom. The van der Waals surface area contributed by atoms with Crippen LogP contribution in [0.25, 0.3) is 0 Å². The van der Waals surface area contributed by atoms with Gasteiger partial charge in [0.1, 0.15) is 6.10 Å². The van der Waals surface area contributed by atoms with Gasteiger partial charge in [0, 0.05) is 18.0 Å². The van der Waals surface area contributed by atoms with E-state index in [1.165, 1.54) is 0 Å². The summed E-state index contributed by atoms with van der Waals surface area (Å²) in [7, 11) is 0. The fourth-order valence-corrected chi connectivity index (χ4v) is 3.57. The van der Waals surface area contributed by atoms with E-state index in [0.717, 1.165) is 19.4 Å². The molecule has 0 aromatic rings. The number of amides is 1. The number of rotatable bonds is 3. The first kappa shape index (κ1) is 13.8. The van der Waals surface area contributed by atoms with Crippen LogP contribution in [0.5, 0.6) is 0 Å². The minimum atomic E-state index is -0.150. The lowest BCUT2D eigenvalue weighted by Gasteiger charge is -2.54. The number of hydrogen-bond donors (Lipinski definition) is 0. The van der Waals surface area contributed by atoms with Gasteiger partial charge in [0.25, 0.3) is 0 Å². The van der Waals surface area contributed by atoms with Gasteiger partial charge in [-0.15, -0.1) is 0 Å². The van der Waals surface area contributed by atoms with Crippen molar-refractivity contribution in [1.29, 1.82) is 0 Å². The zero-order valence-corrected chi connectivity index (χ0v) is 12.2. The van der Waals surface area contributed by atoms with Gasteiger partial charge in [-0.1, -0.05) is 0 Å². The van der Waals surface area contributed by atoms with Gasteiger partial charge in [-0.2, -0.15) is 0 Å². The maximum absolute atomic E-state index is 11.9. The monoisotopic (exact) mass is 255 g/mol. The van der Waals surface area contributed by atoms with E-state index in [1.54, 1.807) is 6.92 Å². The summed E-state index contributed by atoms with van der Waals surface area (Å²) >= 11 is 0. The highest BCUT2D eigenvalue weighted by Gasteiger charge is 2.47. The Hall–Kier alpha value is -0.610. The molecular weight excluding hydrogens is 230 g/mol. The summed E-state index contributed by atoms with van der Waals surface area (Å²) in [6, 6.07) is 0. The van der Waals surface area contributed by atoms with E-state index in [0.29, 0.717) is 12.7 Å². The molecule has 0 bridgehead atoms. The molecule has 4 nitrogen and oxygen atoms in total. The van der Waals surface area contributed by atoms with E-state index in [1.807, 2.05) is 4.90 Å². The Bertz CT molecular complexity index is 316. The summed E-state index contributed by atoms with van der Waals surface area (Å²) in [4.78, 5) is 13.9. The van der Waals surface area contributed by atoms with E-state index < -0.39 is 0 Å². The van der Waals surface area contributed by atoms with Crippen molar-refractivity contribution in [3.05, 3.63) is 0 Å². The van der Waals surface area contributed by atoms with Crippen LogP contribution in [0, 0.1) is 0 Å². The van der Waals surface area contributed by atoms with Crippen LogP contribution in [0.3, 0.4) is 0 Å². The zero-order valence-electron chi connectivity index (χ0n) is 12.2. The second kappa shape index (κ2) is 4.49. The first-order valence-electron chi connectivity index (χ1n) is 6.76. The molecule has 0 aromatic carbocycles. The molecule has 2 fully saturated rings.